The second-order valence-corrected chi connectivity index (χ2v) is 4.50. The number of carbonyl (C=O) groups excluding carboxylic acids is 1. The van der Waals surface area contributed by atoms with E-state index in [2.05, 4.69) is 4.98 Å². The maximum Gasteiger partial charge on any atom is 0.185 e. The molecule has 0 bridgehead atoms. The van der Waals surface area contributed by atoms with Crippen molar-refractivity contribution in [2.24, 2.45) is 0 Å². The second-order valence-electron chi connectivity index (χ2n) is 4.09. The number of hydrogen-bond donors (Lipinski definition) is 0. The van der Waals surface area contributed by atoms with Crippen molar-refractivity contribution in [2.75, 3.05) is 14.2 Å². The molecule has 1 aromatic carbocycles. The van der Waals surface area contributed by atoms with Crippen LogP contribution in [0, 0.1) is 0 Å². The number of aromatic nitrogens is 1. The first kappa shape index (κ1) is 15.1. The molecule has 21 heavy (non-hydrogen) atoms. The van der Waals surface area contributed by atoms with E-state index < -0.39 is 0 Å². The maximum absolute atomic E-state index is 10.7. The van der Waals surface area contributed by atoms with E-state index in [-0.39, 0.29) is 6.61 Å². The van der Waals surface area contributed by atoms with Crippen LogP contribution in [0.1, 0.15) is 16.1 Å². The van der Waals surface area contributed by atoms with E-state index >= 15 is 0 Å². The Kier molecular flexibility index (Phi) is 5.00. The first-order valence-electron chi connectivity index (χ1n) is 6.13. The van der Waals surface area contributed by atoms with Gasteiger partial charge >= 0.3 is 0 Å². The molecule has 0 fully saturated rings. The molecule has 0 radical (unpaired) electrons. The molecule has 0 saturated carbocycles. The van der Waals surface area contributed by atoms with Gasteiger partial charge in [-0.15, -0.1) is 0 Å². The van der Waals surface area contributed by atoms with Crippen molar-refractivity contribution in [3.8, 4) is 17.2 Å². The molecule has 0 aliphatic heterocycles. The van der Waals surface area contributed by atoms with Crippen molar-refractivity contribution in [1.29, 1.82) is 0 Å². The number of halogens is 1. The van der Waals surface area contributed by atoms with E-state index in [9.17, 15) is 4.79 Å². The van der Waals surface area contributed by atoms with Gasteiger partial charge in [0.15, 0.2) is 11.5 Å². The van der Waals surface area contributed by atoms with Gasteiger partial charge in [-0.1, -0.05) is 11.6 Å². The molecule has 6 heteroatoms. The average Bonchev–Trinajstić information content (AvgIpc) is 2.52. The fraction of sp³-hybridized carbons (Fsp3) is 0.200. The van der Waals surface area contributed by atoms with Gasteiger partial charge < -0.3 is 14.2 Å². The number of nitrogens with zero attached hydrogens (tertiary/aromatic N) is 1. The molecular formula is C15H14ClNO4. The lowest BCUT2D eigenvalue weighted by Gasteiger charge is -2.13. The van der Waals surface area contributed by atoms with Crippen LogP contribution in [-0.2, 0) is 6.61 Å². The molecule has 0 spiro atoms. The number of methoxy groups -OCH3 is 2. The molecule has 1 aromatic heterocycles. The topological polar surface area (TPSA) is 57.7 Å². The third-order valence-corrected chi connectivity index (χ3v) is 3.12. The van der Waals surface area contributed by atoms with Crippen molar-refractivity contribution >= 4 is 17.9 Å². The fourth-order valence-electron chi connectivity index (χ4n) is 1.81. The van der Waals surface area contributed by atoms with Crippen molar-refractivity contribution < 1.29 is 19.0 Å². The molecule has 0 aliphatic rings. The summed E-state index contributed by atoms with van der Waals surface area (Å²) in [4.78, 5) is 14.9. The summed E-state index contributed by atoms with van der Waals surface area (Å²) in [6, 6.07) is 6.51. The largest absolute Gasteiger partial charge is 0.493 e. The first-order valence-corrected chi connectivity index (χ1v) is 6.50. The van der Waals surface area contributed by atoms with Crippen molar-refractivity contribution in [3.05, 3.63) is 46.7 Å². The lowest BCUT2D eigenvalue weighted by Crippen LogP contribution is -2.03. The van der Waals surface area contributed by atoms with Gasteiger partial charge in [-0.3, -0.25) is 9.78 Å². The number of pyridine rings is 1. The van der Waals surface area contributed by atoms with Crippen LogP contribution in [0.2, 0.25) is 5.02 Å². The van der Waals surface area contributed by atoms with Crippen LogP contribution in [0.25, 0.3) is 0 Å². The van der Waals surface area contributed by atoms with Gasteiger partial charge in [-0.05, 0) is 18.2 Å². The molecule has 2 rings (SSSR count). The lowest BCUT2D eigenvalue weighted by atomic mass is 10.2. The number of aldehydes is 1. The van der Waals surface area contributed by atoms with Crippen LogP contribution < -0.4 is 14.2 Å². The van der Waals surface area contributed by atoms with Gasteiger partial charge in [0.2, 0.25) is 0 Å². The number of benzene rings is 1. The van der Waals surface area contributed by atoms with Crippen LogP contribution in [0.15, 0.2) is 30.5 Å². The summed E-state index contributed by atoms with van der Waals surface area (Å²) in [5.74, 6) is 1.56. The zero-order valence-corrected chi connectivity index (χ0v) is 12.4. The van der Waals surface area contributed by atoms with Crippen LogP contribution in [0.5, 0.6) is 17.2 Å². The van der Waals surface area contributed by atoms with Crippen molar-refractivity contribution in [1.82, 2.24) is 4.98 Å². The third-order valence-electron chi connectivity index (χ3n) is 2.82. The Hall–Kier alpha value is -2.27. The predicted octanol–water partition coefficient (Wildman–Crippen LogP) is 3.14. The summed E-state index contributed by atoms with van der Waals surface area (Å²) in [6.45, 7) is 0.167. The maximum atomic E-state index is 10.7. The van der Waals surface area contributed by atoms with Crippen LogP contribution in [0.4, 0.5) is 0 Å². The standard InChI is InChI=1S/C15H14ClNO4/c1-19-14-5-6-17-12(15(14)20-2)9-21-13-4-3-10(8-18)7-11(13)16/h3-8H,9H2,1-2H3. The molecule has 0 aliphatic carbocycles. The normalized spacial score (nSPS) is 10.0. The predicted molar refractivity (Wildman–Crippen MR) is 78.5 cm³/mol. The molecule has 0 saturated heterocycles. The molecule has 110 valence electrons. The Morgan fingerprint density at radius 1 is 1.19 bits per heavy atom. The molecular weight excluding hydrogens is 294 g/mol. The Morgan fingerprint density at radius 2 is 2.00 bits per heavy atom. The minimum atomic E-state index is 0.167. The van der Waals surface area contributed by atoms with E-state index in [4.69, 9.17) is 25.8 Å². The highest BCUT2D eigenvalue weighted by Gasteiger charge is 2.12. The monoisotopic (exact) mass is 307 g/mol. The third kappa shape index (κ3) is 3.44. The Morgan fingerprint density at radius 3 is 2.62 bits per heavy atom. The minimum absolute atomic E-state index is 0.167. The SMILES string of the molecule is COc1ccnc(COc2ccc(C=O)cc2Cl)c1OC. The first-order chi connectivity index (χ1) is 10.2. The van der Waals surface area contributed by atoms with Gasteiger partial charge in [0, 0.05) is 17.8 Å². The summed E-state index contributed by atoms with van der Waals surface area (Å²) < 4.78 is 16.1. The zero-order valence-electron chi connectivity index (χ0n) is 11.6. The Labute approximate surface area is 127 Å². The van der Waals surface area contributed by atoms with Crippen LogP contribution in [0.3, 0.4) is 0 Å². The highest BCUT2D eigenvalue weighted by Crippen LogP contribution is 2.31. The molecule has 0 amide bonds. The molecule has 0 N–H and O–H groups in total. The van der Waals surface area contributed by atoms with E-state index in [1.165, 1.54) is 7.11 Å². The summed E-state index contributed by atoms with van der Waals surface area (Å²) in [5.41, 5.74) is 1.08. The van der Waals surface area contributed by atoms with Gasteiger partial charge in [-0.25, -0.2) is 0 Å². The summed E-state index contributed by atoms with van der Waals surface area (Å²) >= 11 is 6.05. The fourth-order valence-corrected chi connectivity index (χ4v) is 2.05. The number of carbonyl (C=O) groups is 1. The van der Waals surface area contributed by atoms with Crippen LogP contribution in [-0.4, -0.2) is 25.5 Å². The minimum Gasteiger partial charge on any atom is -0.493 e. The van der Waals surface area contributed by atoms with Gasteiger partial charge in [-0.2, -0.15) is 0 Å². The summed E-state index contributed by atoms with van der Waals surface area (Å²) in [7, 11) is 3.09. The van der Waals surface area contributed by atoms with Gasteiger partial charge in [0.05, 0.1) is 19.2 Å². The number of rotatable bonds is 6. The molecule has 1 heterocycles. The van der Waals surface area contributed by atoms with Gasteiger partial charge in [0.1, 0.15) is 24.3 Å². The summed E-state index contributed by atoms with van der Waals surface area (Å²) in [5, 5.41) is 0.362. The van der Waals surface area contributed by atoms with Crippen molar-refractivity contribution in [3.63, 3.8) is 0 Å². The number of hydrogen-bond acceptors (Lipinski definition) is 5. The second kappa shape index (κ2) is 6.95. The van der Waals surface area contributed by atoms with Crippen LogP contribution >= 0.6 is 11.6 Å². The van der Waals surface area contributed by atoms with E-state index in [1.807, 2.05) is 0 Å². The Bertz CT molecular complexity index is 646. The highest BCUT2D eigenvalue weighted by molar-refractivity contribution is 6.32. The highest BCUT2D eigenvalue weighted by atomic mass is 35.5. The molecule has 0 unspecified atom stereocenters. The Balaban J connectivity index is 2.18. The molecule has 2 aromatic rings. The van der Waals surface area contributed by atoms with E-state index in [0.717, 1.165) is 6.29 Å². The van der Waals surface area contributed by atoms with E-state index in [1.54, 1.807) is 37.6 Å². The molecule has 0 atom stereocenters. The smallest absolute Gasteiger partial charge is 0.185 e. The van der Waals surface area contributed by atoms with Crippen molar-refractivity contribution in [2.45, 2.75) is 6.61 Å². The van der Waals surface area contributed by atoms with E-state index in [0.29, 0.717) is 33.5 Å². The average molecular weight is 308 g/mol. The lowest BCUT2D eigenvalue weighted by molar-refractivity contribution is 0.112. The quantitative estimate of drug-likeness (QED) is 0.767. The zero-order chi connectivity index (χ0) is 15.2. The molecule has 5 nitrogen and oxygen atoms in total. The number of ether oxygens (including phenoxy) is 3. The summed E-state index contributed by atoms with van der Waals surface area (Å²) in [6.07, 6.45) is 2.33. The van der Waals surface area contributed by atoms with Gasteiger partial charge in [0.25, 0.3) is 0 Å².